The van der Waals surface area contributed by atoms with E-state index in [1.165, 1.54) is 89.9 Å². The maximum atomic E-state index is 11.9. The minimum atomic E-state index is -1.93. The standard InChI is InChI=1S/C28H58NO5P/c1-5-7-8-9-10-11-12-13-14-15-16-17-18-19-20-21-23-27(34-28(30)22-6-2)26-33-35(31)32-25-24-29(3)4/h27,31H,5-26H2,1-4H3. The second kappa shape index (κ2) is 26.8. The van der Waals surface area contributed by atoms with E-state index in [0.717, 1.165) is 32.2 Å². The fourth-order valence-electron chi connectivity index (χ4n) is 4.03. The summed E-state index contributed by atoms with van der Waals surface area (Å²) in [6, 6.07) is 0. The molecular weight excluding hydrogens is 461 g/mol. The van der Waals surface area contributed by atoms with E-state index in [9.17, 15) is 9.69 Å². The summed E-state index contributed by atoms with van der Waals surface area (Å²) < 4.78 is 16.3. The van der Waals surface area contributed by atoms with Gasteiger partial charge in [-0.3, -0.25) is 4.79 Å². The van der Waals surface area contributed by atoms with Crippen molar-refractivity contribution in [3.05, 3.63) is 0 Å². The summed E-state index contributed by atoms with van der Waals surface area (Å²) >= 11 is 0. The molecule has 0 aliphatic rings. The molecule has 0 aromatic heterocycles. The summed E-state index contributed by atoms with van der Waals surface area (Å²) in [6.45, 7) is 5.57. The Labute approximate surface area is 218 Å². The zero-order valence-corrected chi connectivity index (χ0v) is 24.5. The highest BCUT2D eigenvalue weighted by molar-refractivity contribution is 7.40. The summed E-state index contributed by atoms with van der Waals surface area (Å²) in [4.78, 5) is 23.8. The number of esters is 1. The van der Waals surface area contributed by atoms with Crippen molar-refractivity contribution < 1.29 is 23.5 Å². The summed E-state index contributed by atoms with van der Waals surface area (Å²) in [5.74, 6) is -0.187. The van der Waals surface area contributed by atoms with E-state index in [0.29, 0.717) is 13.0 Å². The van der Waals surface area contributed by atoms with Crippen LogP contribution in [0.25, 0.3) is 0 Å². The van der Waals surface area contributed by atoms with Crippen LogP contribution in [-0.4, -0.2) is 55.7 Å². The van der Waals surface area contributed by atoms with Crippen LogP contribution in [0.15, 0.2) is 0 Å². The molecular formula is C28H58NO5P. The monoisotopic (exact) mass is 519 g/mol. The molecule has 0 bridgehead atoms. The number of nitrogens with zero attached hydrogens (tertiary/aromatic N) is 1. The Bertz CT molecular complexity index is 453. The summed E-state index contributed by atoms with van der Waals surface area (Å²) in [5.41, 5.74) is 0. The van der Waals surface area contributed by atoms with Crippen LogP contribution in [0.4, 0.5) is 0 Å². The largest absolute Gasteiger partial charge is 0.460 e. The zero-order chi connectivity index (χ0) is 26.0. The molecule has 0 radical (unpaired) electrons. The average Bonchev–Trinajstić information content (AvgIpc) is 2.82. The molecule has 0 aromatic rings. The van der Waals surface area contributed by atoms with Crippen LogP contribution in [-0.2, 0) is 18.6 Å². The van der Waals surface area contributed by atoms with Gasteiger partial charge in [0.2, 0.25) is 0 Å². The number of carbonyl (C=O) groups excluding carboxylic acids is 1. The fraction of sp³-hybridized carbons (Fsp3) is 0.964. The number of ether oxygens (including phenoxy) is 1. The minimum absolute atomic E-state index is 0.187. The van der Waals surface area contributed by atoms with Gasteiger partial charge in [0.15, 0.2) is 0 Å². The molecule has 0 fully saturated rings. The SMILES string of the molecule is CCCCCCCCCCCCCCCCCCC(COP(O)OCCN(C)C)OC(=O)CCC. The highest BCUT2D eigenvalue weighted by Crippen LogP contribution is 2.33. The Morgan fingerprint density at radius 2 is 1.23 bits per heavy atom. The highest BCUT2D eigenvalue weighted by atomic mass is 31.2. The molecule has 6 nitrogen and oxygen atoms in total. The van der Waals surface area contributed by atoms with Crippen LogP contribution >= 0.6 is 8.60 Å². The number of hydrogen-bond donors (Lipinski definition) is 1. The Kier molecular flexibility index (Phi) is 26.6. The molecule has 0 spiro atoms. The predicted molar refractivity (Wildman–Crippen MR) is 149 cm³/mol. The summed E-state index contributed by atoms with van der Waals surface area (Å²) in [6.07, 6.45) is 23.0. The Morgan fingerprint density at radius 1 is 0.743 bits per heavy atom. The van der Waals surface area contributed by atoms with Crippen molar-refractivity contribution in [1.82, 2.24) is 4.90 Å². The average molecular weight is 520 g/mol. The van der Waals surface area contributed by atoms with Gasteiger partial charge in [-0.1, -0.05) is 110 Å². The second-order valence-corrected chi connectivity index (χ2v) is 11.1. The van der Waals surface area contributed by atoms with Crippen LogP contribution in [0.5, 0.6) is 0 Å². The minimum Gasteiger partial charge on any atom is -0.460 e. The number of likely N-dealkylation sites (N-methyl/N-ethyl adjacent to an activating group) is 1. The van der Waals surface area contributed by atoms with Gasteiger partial charge in [0.1, 0.15) is 6.10 Å². The van der Waals surface area contributed by atoms with Crippen LogP contribution < -0.4 is 0 Å². The lowest BCUT2D eigenvalue weighted by molar-refractivity contribution is -0.151. The summed E-state index contributed by atoms with van der Waals surface area (Å²) in [7, 11) is 1.97. The third kappa shape index (κ3) is 26.6. The van der Waals surface area contributed by atoms with Crippen molar-refractivity contribution in [3.63, 3.8) is 0 Å². The molecule has 0 rings (SSSR count). The van der Waals surface area contributed by atoms with Gasteiger partial charge in [-0.25, -0.2) is 0 Å². The van der Waals surface area contributed by atoms with E-state index in [-0.39, 0.29) is 18.7 Å². The van der Waals surface area contributed by atoms with Crippen molar-refractivity contribution in [2.45, 2.75) is 142 Å². The van der Waals surface area contributed by atoms with Crippen molar-refractivity contribution in [1.29, 1.82) is 0 Å². The first-order valence-electron chi connectivity index (χ1n) is 14.6. The highest BCUT2D eigenvalue weighted by Gasteiger charge is 2.17. The van der Waals surface area contributed by atoms with E-state index < -0.39 is 8.60 Å². The van der Waals surface area contributed by atoms with E-state index in [1.54, 1.807) is 0 Å². The van der Waals surface area contributed by atoms with Crippen molar-refractivity contribution in [3.8, 4) is 0 Å². The maximum Gasteiger partial charge on any atom is 0.330 e. The first-order chi connectivity index (χ1) is 17.0. The zero-order valence-electron chi connectivity index (χ0n) is 23.6. The van der Waals surface area contributed by atoms with Crippen LogP contribution in [0.3, 0.4) is 0 Å². The second-order valence-electron chi connectivity index (χ2n) is 10.1. The van der Waals surface area contributed by atoms with Crippen LogP contribution in [0.1, 0.15) is 136 Å². The Hall–Kier alpha value is -0.260. The van der Waals surface area contributed by atoms with Crippen molar-refractivity contribution in [2.24, 2.45) is 0 Å². The summed E-state index contributed by atoms with van der Waals surface area (Å²) in [5, 5.41) is 0. The number of rotatable bonds is 27. The molecule has 0 amide bonds. The van der Waals surface area contributed by atoms with Gasteiger partial charge >= 0.3 is 14.6 Å². The topological polar surface area (TPSA) is 68.2 Å². The van der Waals surface area contributed by atoms with Gasteiger partial charge < -0.3 is 23.6 Å². The lowest BCUT2D eigenvalue weighted by atomic mass is 10.0. The fourth-order valence-corrected chi connectivity index (χ4v) is 4.64. The first-order valence-corrected chi connectivity index (χ1v) is 15.7. The molecule has 0 heterocycles. The van der Waals surface area contributed by atoms with Crippen LogP contribution in [0, 0.1) is 0 Å². The number of hydrogen-bond acceptors (Lipinski definition) is 6. The Morgan fingerprint density at radius 3 is 1.69 bits per heavy atom. The van der Waals surface area contributed by atoms with E-state index in [1.807, 2.05) is 25.9 Å². The van der Waals surface area contributed by atoms with Gasteiger partial charge in [-0.2, -0.15) is 0 Å². The molecule has 210 valence electrons. The van der Waals surface area contributed by atoms with Gasteiger partial charge in [-0.15, -0.1) is 0 Å². The van der Waals surface area contributed by atoms with Crippen molar-refractivity contribution >= 4 is 14.6 Å². The van der Waals surface area contributed by atoms with E-state index in [2.05, 4.69) is 6.92 Å². The van der Waals surface area contributed by atoms with Crippen LogP contribution in [0.2, 0.25) is 0 Å². The third-order valence-electron chi connectivity index (χ3n) is 6.24. The molecule has 0 saturated heterocycles. The quantitative estimate of drug-likeness (QED) is 0.0671. The molecule has 1 N–H and O–H groups in total. The molecule has 0 saturated carbocycles. The van der Waals surface area contributed by atoms with Gasteiger partial charge in [-0.05, 0) is 33.4 Å². The van der Waals surface area contributed by atoms with Gasteiger partial charge in [0.05, 0.1) is 13.2 Å². The smallest absolute Gasteiger partial charge is 0.330 e. The molecule has 0 aliphatic heterocycles. The molecule has 7 heteroatoms. The first kappa shape index (κ1) is 34.7. The molecule has 0 aliphatic carbocycles. The number of carbonyl (C=O) groups is 1. The third-order valence-corrected chi connectivity index (χ3v) is 7.02. The molecule has 2 unspecified atom stereocenters. The Balaban J connectivity index is 3.76. The van der Waals surface area contributed by atoms with Gasteiger partial charge in [0.25, 0.3) is 0 Å². The molecule has 0 aromatic carbocycles. The van der Waals surface area contributed by atoms with Gasteiger partial charge in [0, 0.05) is 13.0 Å². The van der Waals surface area contributed by atoms with E-state index >= 15 is 0 Å². The molecule has 2 atom stereocenters. The van der Waals surface area contributed by atoms with Crippen molar-refractivity contribution in [2.75, 3.05) is 33.9 Å². The predicted octanol–water partition coefficient (Wildman–Crippen LogP) is 8.16. The lowest BCUT2D eigenvalue weighted by Gasteiger charge is -2.20. The van der Waals surface area contributed by atoms with E-state index in [4.69, 9.17) is 13.8 Å². The lowest BCUT2D eigenvalue weighted by Crippen LogP contribution is -2.23. The molecule has 35 heavy (non-hydrogen) atoms. The number of unbranched alkanes of at least 4 members (excludes halogenated alkanes) is 15. The normalized spacial score (nSPS) is 13.3. The maximum absolute atomic E-state index is 11.9.